The Bertz CT molecular complexity index is 1260. The summed E-state index contributed by atoms with van der Waals surface area (Å²) >= 11 is 1.64. The Hall–Kier alpha value is -3.79. The predicted octanol–water partition coefficient (Wildman–Crippen LogP) is 3.95. The summed E-state index contributed by atoms with van der Waals surface area (Å²) in [6, 6.07) is 14.2. The zero-order valence-corrected chi connectivity index (χ0v) is 19.6. The molecule has 0 spiro atoms. The molecule has 4 rings (SSSR count). The first-order valence-corrected chi connectivity index (χ1v) is 11.0. The highest BCUT2D eigenvalue weighted by molar-refractivity contribution is 7.99. The number of benzene rings is 2. The van der Waals surface area contributed by atoms with Crippen LogP contribution in [0.5, 0.6) is 11.5 Å². The fourth-order valence-corrected chi connectivity index (χ4v) is 4.20. The van der Waals surface area contributed by atoms with Crippen molar-refractivity contribution < 1.29 is 9.47 Å². The van der Waals surface area contributed by atoms with Crippen LogP contribution < -0.4 is 25.8 Å². The van der Waals surface area contributed by atoms with Crippen LogP contribution in [0.4, 0.5) is 17.7 Å². The third-order valence-corrected chi connectivity index (χ3v) is 6.29. The molecule has 9 nitrogen and oxygen atoms in total. The van der Waals surface area contributed by atoms with E-state index in [1.807, 2.05) is 30.1 Å². The summed E-state index contributed by atoms with van der Waals surface area (Å²) in [6.45, 7) is 2.09. The lowest BCUT2D eigenvalue weighted by Crippen LogP contribution is -2.23. The lowest BCUT2D eigenvalue weighted by atomic mass is 10.1. The monoisotopic (exact) mass is 463 g/mol. The summed E-state index contributed by atoms with van der Waals surface area (Å²) in [5, 5.41) is 0.574. The van der Waals surface area contributed by atoms with Gasteiger partial charge in [0.25, 0.3) is 0 Å². The van der Waals surface area contributed by atoms with Gasteiger partial charge in [-0.05, 0) is 36.8 Å². The van der Waals surface area contributed by atoms with Gasteiger partial charge in [0.15, 0.2) is 5.65 Å². The summed E-state index contributed by atoms with van der Waals surface area (Å²) in [5.41, 5.74) is 13.1. The van der Waals surface area contributed by atoms with Gasteiger partial charge in [0, 0.05) is 29.1 Å². The Morgan fingerprint density at radius 2 is 1.58 bits per heavy atom. The maximum Gasteiger partial charge on any atom is 0.227 e. The maximum atomic E-state index is 5.90. The maximum absolute atomic E-state index is 5.90. The molecule has 0 saturated carbocycles. The molecule has 2 aromatic carbocycles. The second kappa shape index (κ2) is 9.37. The summed E-state index contributed by atoms with van der Waals surface area (Å²) < 4.78 is 10.7. The quantitative estimate of drug-likeness (QED) is 0.416. The van der Waals surface area contributed by atoms with Gasteiger partial charge in [0.05, 0.1) is 25.6 Å². The zero-order chi connectivity index (χ0) is 23.5. The molecular weight excluding hydrogens is 438 g/mol. The van der Waals surface area contributed by atoms with Crippen molar-refractivity contribution >= 4 is 40.5 Å². The van der Waals surface area contributed by atoms with Crippen molar-refractivity contribution in [2.24, 2.45) is 0 Å². The topological polar surface area (TPSA) is 125 Å². The number of hydrogen-bond donors (Lipinski definition) is 2. The van der Waals surface area contributed by atoms with Crippen LogP contribution in [0.2, 0.25) is 0 Å². The van der Waals surface area contributed by atoms with E-state index >= 15 is 0 Å². The summed E-state index contributed by atoms with van der Waals surface area (Å²) in [4.78, 5) is 21.2. The van der Waals surface area contributed by atoms with E-state index in [1.165, 1.54) is 0 Å². The molecule has 0 radical (unpaired) electrons. The van der Waals surface area contributed by atoms with Crippen molar-refractivity contribution in [2.45, 2.75) is 22.8 Å². The lowest BCUT2D eigenvalue weighted by molar-refractivity contribution is 0.392. The third-order valence-electron chi connectivity index (χ3n) is 5.31. The van der Waals surface area contributed by atoms with Crippen molar-refractivity contribution in [1.29, 1.82) is 0 Å². The van der Waals surface area contributed by atoms with Gasteiger partial charge in [0.2, 0.25) is 11.9 Å². The Morgan fingerprint density at radius 3 is 2.21 bits per heavy atom. The molecule has 1 atom stereocenters. The molecule has 33 heavy (non-hydrogen) atoms. The summed E-state index contributed by atoms with van der Waals surface area (Å²) in [5.74, 6) is 2.39. The van der Waals surface area contributed by atoms with Crippen LogP contribution in [-0.2, 0) is 0 Å². The van der Waals surface area contributed by atoms with Crippen molar-refractivity contribution in [3.63, 3.8) is 0 Å². The smallest absolute Gasteiger partial charge is 0.227 e. The fourth-order valence-electron chi connectivity index (χ4n) is 3.30. The Morgan fingerprint density at radius 1 is 0.909 bits per heavy atom. The average Bonchev–Trinajstić information content (AvgIpc) is 2.82. The van der Waals surface area contributed by atoms with E-state index in [2.05, 4.69) is 51.1 Å². The normalized spacial score (nSPS) is 11.9. The standard InChI is InChI=1S/C23H25N7O2S/c1-13(30(2)23-26-12-19-20(24)27-22(25)28-21(19)29-23)14-5-7-17(8-6-14)33-18-10-15(31-3)9-16(11-18)32-4/h5-13H,1-4H3,(H4,24,25,26,27,28,29). The molecule has 1 unspecified atom stereocenters. The number of ether oxygens (including phenoxy) is 2. The minimum Gasteiger partial charge on any atom is -0.497 e. The Labute approximate surface area is 196 Å². The van der Waals surface area contributed by atoms with E-state index in [0.29, 0.717) is 17.0 Å². The molecule has 0 bridgehead atoms. The first-order chi connectivity index (χ1) is 15.9. The molecule has 0 aliphatic rings. The van der Waals surface area contributed by atoms with Crippen LogP contribution in [0.15, 0.2) is 58.5 Å². The van der Waals surface area contributed by atoms with Crippen LogP contribution in [0.1, 0.15) is 18.5 Å². The molecule has 0 amide bonds. The zero-order valence-electron chi connectivity index (χ0n) is 18.8. The van der Waals surface area contributed by atoms with E-state index in [0.717, 1.165) is 26.9 Å². The van der Waals surface area contributed by atoms with Gasteiger partial charge in [-0.1, -0.05) is 23.9 Å². The van der Waals surface area contributed by atoms with Gasteiger partial charge < -0.3 is 25.8 Å². The van der Waals surface area contributed by atoms with Gasteiger partial charge in [-0.2, -0.15) is 15.0 Å². The second-order valence-electron chi connectivity index (χ2n) is 7.38. The Balaban J connectivity index is 1.52. The number of fused-ring (bicyclic) bond motifs is 1. The minimum absolute atomic E-state index is 0.0231. The number of hydrogen-bond acceptors (Lipinski definition) is 10. The van der Waals surface area contributed by atoms with E-state index in [9.17, 15) is 0 Å². The molecule has 4 aromatic rings. The summed E-state index contributed by atoms with van der Waals surface area (Å²) in [7, 11) is 5.23. The van der Waals surface area contributed by atoms with Gasteiger partial charge in [-0.15, -0.1) is 0 Å². The highest BCUT2D eigenvalue weighted by Gasteiger charge is 2.17. The van der Waals surface area contributed by atoms with Crippen LogP contribution in [-0.4, -0.2) is 41.2 Å². The second-order valence-corrected chi connectivity index (χ2v) is 8.53. The largest absolute Gasteiger partial charge is 0.497 e. The number of methoxy groups -OCH3 is 2. The number of anilines is 3. The fraction of sp³-hybridized carbons (Fsp3) is 0.217. The highest BCUT2D eigenvalue weighted by Crippen LogP contribution is 2.35. The van der Waals surface area contributed by atoms with Crippen molar-refractivity contribution in [1.82, 2.24) is 19.9 Å². The molecular formula is C23H25N7O2S. The molecule has 0 aliphatic heterocycles. The van der Waals surface area contributed by atoms with Crippen molar-refractivity contribution in [3.05, 3.63) is 54.2 Å². The van der Waals surface area contributed by atoms with E-state index in [1.54, 1.807) is 32.2 Å². The number of nitrogens with two attached hydrogens (primary N) is 2. The van der Waals surface area contributed by atoms with E-state index < -0.39 is 0 Å². The Kier molecular flexibility index (Phi) is 6.36. The lowest BCUT2D eigenvalue weighted by Gasteiger charge is -2.25. The van der Waals surface area contributed by atoms with E-state index in [-0.39, 0.29) is 17.8 Å². The van der Waals surface area contributed by atoms with E-state index in [4.69, 9.17) is 20.9 Å². The van der Waals surface area contributed by atoms with Crippen molar-refractivity contribution in [3.8, 4) is 11.5 Å². The predicted molar refractivity (Wildman–Crippen MR) is 131 cm³/mol. The van der Waals surface area contributed by atoms with Gasteiger partial charge >= 0.3 is 0 Å². The van der Waals surface area contributed by atoms with Crippen LogP contribution in [0.25, 0.3) is 11.0 Å². The number of rotatable bonds is 7. The molecule has 10 heteroatoms. The van der Waals surface area contributed by atoms with Crippen LogP contribution >= 0.6 is 11.8 Å². The van der Waals surface area contributed by atoms with Crippen LogP contribution in [0.3, 0.4) is 0 Å². The molecule has 170 valence electrons. The SMILES string of the molecule is COc1cc(OC)cc(Sc2ccc(C(C)N(C)c3ncc4c(N)nc(N)nc4n3)cc2)c1. The molecule has 0 aliphatic carbocycles. The van der Waals surface area contributed by atoms with Gasteiger partial charge in [-0.25, -0.2) is 4.98 Å². The number of nitrogens with zero attached hydrogens (tertiary/aromatic N) is 5. The first-order valence-electron chi connectivity index (χ1n) is 10.2. The summed E-state index contributed by atoms with van der Waals surface area (Å²) in [6.07, 6.45) is 1.62. The third kappa shape index (κ3) is 4.85. The minimum atomic E-state index is 0.0231. The van der Waals surface area contributed by atoms with Gasteiger partial charge in [-0.3, -0.25) is 0 Å². The van der Waals surface area contributed by atoms with Gasteiger partial charge in [0.1, 0.15) is 17.3 Å². The first kappa shape index (κ1) is 22.4. The molecule has 4 N–H and O–H groups in total. The number of aromatic nitrogens is 4. The molecule has 2 aromatic heterocycles. The molecule has 0 fully saturated rings. The molecule has 2 heterocycles. The van der Waals surface area contributed by atoms with Crippen LogP contribution in [0, 0.1) is 0 Å². The molecule has 0 saturated heterocycles. The average molecular weight is 464 g/mol. The van der Waals surface area contributed by atoms with Crippen molar-refractivity contribution in [2.75, 3.05) is 37.6 Å². The highest BCUT2D eigenvalue weighted by atomic mass is 32.2. The number of nitrogen functional groups attached to an aromatic ring is 2.